The van der Waals surface area contributed by atoms with Crippen LogP contribution >= 0.6 is 0 Å². The highest BCUT2D eigenvalue weighted by atomic mass is 16.2. The minimum absolute atomic E-state index is 0.0187. The van der Waals surface area contributed by atoms with E-state index in [4.69, 9.17) is 5.26 Å². The second kappa shape index (κ2) is 5.53. The van der Waals surface area contributed by atoms with Gasteiger partial charge in [0.05, 0.1) is 5.69 Å². The largest absolute Gasteiger partial charge is 0.281 e. The summed E-state index contributed by atoms with van der Waals surface area (Å²) in [6.07, 6.45) is 0.854. The van der Waals surface area contributed by atoms with Gasteiger partial charge < -0.3 is 0 Å². The molecule has 2 N–H and O–H groups in total. The second-order valence-electron chi connectivity index (χ2n) is 5.52. The molecule has 1 amide bonds. The molecule has 2 atom stereocenters. The summed E-state index contributed by atoms with van der Waals surface area (Å²) in [6.45, 7) is 1.76. The van der Waals surface area contributed by atoms with Gasteiger partial charge in [-0.3, -0.25) is 20.3 Å². The van der Waals surface area contributed by atoms with E-state index < -0.39 is 0 Å². The maximum Gasteiger partial charge on any atom is 0.242 e. The minimum Gasteiger partial charge on any atom is -0.281 e. The van der Waals surface area contributed by atoms with Crippen molar-refractivity contribution in [3.8, 4) is 6.07 Å². The van der Waals surface area contributed by atoms with Crippen molar-refractivity contribution in [2.45, 2.75) is 19.3 Å². The third-order valence-corrected chi connectivity index (χ3v) is 3.99. The van der Waals surface area contributed by atoms with Crippen LogP contribution in [0.25, 0.3) is 0 Å². The first-order valence-corrected chi connectivity index (χ1v) is 7.16. The molecule has 1 heterocycles. The van der Waals surface area contributed by atoms with E-state index >= 15 is 0 Å². The topological polar surface area (TPSA) is 82.7 Å². The Bertz CT molecular complexity index is 744. The molecule has 1 aromatic carbocycles. The smallest absolute Gasteiger partial charge is 0.242 e. The molecular formula is C16H17N5O. The van der Waals surface area contributed by atoms with Gasteiger partial charge in [0, 0.05) is 13.0 Å². The van der Waals surface area contributed by atoms with Crippen molar-refractivity contribution in [3.63, 3.8) is 0 Å². The van der Waals surface area contributed by atoms with Gasteiger partial charge in [-0.25, -0.2) is 0 Å². The van der Waals surface area contributed by atoms with E-state index in [1.807, 2.05) is 30.3 Å². The first-order valence-electron chi connectivity index (χ1n) is 7.16. The average molecular weight is 295 g/mol. The Morgan fingerprint density at radius 1 is 1.41 bits per heavy atom. The van der Waals surface area contributed by atoms with Crippen molar-refractivity contribution < 1.29 is 4.79 Å². The van der Waals surface area contributed by atoms with Crippen LogP contribution in [-0.4, -0.2) is 15.7 Å². The molecule has 6 nitrogen and oxygen atoms in total. The molecule has 0 spiro atoms. The number of benzene rings is 1. The normalized spacial score (nSPS) is 19.3. The lowest BCUT2D eigenvalue weighted by Crippen LogP contribution is -2.32. The monoisotopic (exact) mass is 295 g/mol. The lowest BCUT2D eigenvalue weighted by atomic mass is 10.1. The summed E-state index contributed by atoms with van der Waals surface area (Å²) >= 11 is 0. The van der Waals surface area contributed by atoms with Crippen LogP contribution in [0, 0.1) is 24.2 Å². The first kappa shape index (κ1) is 14.1. The molecule has 0 radical (unpaired) electrons. The van der Waals surface area contributed by atoms with E-state index in [0.717, 1.165) is 6.42 Å². The van der Waals surface area contributed by atoms with Gasteiger partial charge in [0.2, 0.25) is 5.91 Å². The molecule has 3 rings (SSSR count). The minimum atomic E-state index is -0.0587. The molecule has 1 aliphatic rings. The van der Waals surface area contributed by atoms with Crippen LogP contribution in [0.1, 0.15) is 29.2 Å². The number of amides is 1. The van der Waals surface area contributed by atoms with Crippen LogP contribution in [0.2, 0.25) is 0 Å². The number of rotatable bonds is 4. The van der Waals surface area contributed by atoms with Gasteiger partial charge in [0.15, 0.2) is 5.82 Å². The zero-order chi connectivity index (χ0) is 15.7. The van der Waals surface area contributed by atoms with Crippen molar-refractivity contribution in [3.05, 3.63) is 47.2 Å². The number of carbonyl (C=O) groups is 1. The highest BCUT2D eigenvalue weighted by Crippen LogP contribution is 2.47. The summed E-state index contributed by atoms with van der Waals surface area (Å²) in [5.74, 6) is 0.711. The maximum atomic E-state index is 12.2. The fraction of sp³-hybridized carbons (Fsp3) is 0.312. The number of nitrogens with one attached hydrogen (secondary N) is 2. The number of hydrazine groups is 1. The Morgan fingerprint density at radius 3 is 2.82 bits per heavy atom. The predicted octanol–water partition coefficient (Wildman–Crippen LogP) is 1.85. The van der Waals surface area contributed by atoms with E-state index in [2.05, 4.69) is 22.0 Å². The van der Waals surface area contributed by atoms with E-state index in [0.29, 0.717) is 17.1 Å². The fourth-order valence-corrected chi connectivity index (χ4v) is 2.70. The highest BCUT2D eigenvalue weighted by molar-refractivity contribution is 5.84. The molecule has 112 valence electrons. The molecule has 0 aliphatic heterocycles. The third-order valence-electron chi connectivity index (χ3n) is 3.99. The van der Waals surface area contributed by atoms with Crippen LogP contribution < -0.4 is 10.9 Å². The van der Waals surface area contributed by atoms with Crippen molar-refractivity contribution in [1.82, 2.24) is 15.2 Å². The lowest BCUT2D eigenvalue weighted by molar-refractivity contribution is -0.121. The SMILES string of the molecule is Cc1nn(C)c(NNC(=O)C2CC2c2ccccc2)c1C#N. The maximum absolute atomic E-state index is 12.2. The molecule has 22 heavy (non-hydrogen) atoms. The number of hydrogen-bond donors (Lipinski definition) is 2. The van der Waals surface area contributed by atoms with E-state index in [1.54, 1.807) is 18.7 Å². The molecule has 0 saturated heterocycles. The zero-order valence-electron chi connectivity index (χ0n) is 12.5. The van der Waals surface area contributed by atoms with Gasteiger partial charge >= 0.3 is 0 Å². The Kier molecular flexibility index (Phi) is 3.55. The number of aromatic nitrogens is 2. The summed E-state index contributed by atoms with van der Waals surface area (Å²) in [5.41, 5.74) is 7.78. The Labute approximate surface area is 128 Å². The van der Waals surface area contributed by atoms with Crippen molar-refractivity contribution in [2.24, 2.45) is 13.0 Å². The molecule has 2 aromatic rings. The quantitative estimate of drug-likeness (QED) is 0.843. The van der Waals surface area contributed by atoms with Crippen LogP contribution in [0.15, 0.2) is 30.3 Å². The number of carbonyl (C=O) groups excluding carboxylic acids is 1. The standard InChI is InChI=1S/C16H17N5O/c1-10-14(9-17)15(21(2)20-10)18-19-16(22)13-8-12(13)11-6-4-3-5-7-11/h3-7,12-13,18H,8H2,1-2H3,(H,19,22). The fourth-order valence-electron chi connectivity index (χ4n) is 2.70. The number of anilines is 1. The number of nitrogens with zero attached hydrogens (tertiary/aromatic N) is 3. The van der Waals surface area contributed by atoms with Crippen molar-refractivity contribution in [1.29, 1.82) is 5.26 Å². The molecule has 1 saturated carbocycles. The zero-order valence-corrected chi connectivity index (χ0v) is 12.5. The second-order valence-corrected chi connectivity index (χ2v) is 5.52. The summed E-state index contributed by atoms with van der Waals surface area (Å²) < 4.78 is 1.55. The van der Waals surface area contributed by atoms with Crippen LogP contribution in [0.5, 0.6) is 0 Å². The molecular weight excluding hydrogens is 278 g/mol. The van der Waals surface area contributed by atoms with Crippen molar-refractivity contribution in [2.75, 3.05) is 5.43 Å². The number of nitriles is 1. The summed E-state index contributed by atoms with van der Waals surface area (Å²) in [4.78, 5) is 12.2. The summed E-state index contributed by atoms with van der Waals surface area (Å²) in [6, 6.07) is 12.1. The molecule has 6 heteroatoms. The van der Waals surface area contributed by atoms with Crippen LogP contribution in [-0.2, 0) is 11.8 Å². The van der Waals surface area contributed by atoms with Gasteiger partial charge in [-0.1, -0.05) is 30.3 Å². The Morgan fingerprint density at radius 2 is 2.14 bits per heavy atom. The third kappa shape index (κ3) is 2.53. The van der Waals surface area contributed by atoms with Crippen LogP contribution in [0.4, 0.5) is 5.82 Å². The first-order chi connectivity index (χ1) is 10.6. The van der Waals surface area contributed by atoms with Gasteiger partial charge in [0.25, 0.3) is 0 Å². The van der Waals surface area contributed by atoms with Crippen LogP contribution in [0.3, 0.4) is 0 Å². The number of aryl methyl sites for hydroxylation is 2. The summed E-state index contributed by atoms with van der Waals surface area (Å²) in [7, 11) is 1.73. The van der Waals surface area contributed by atoms with Gasteiger partial charge in [-0.15, -0.1) is 0 Å². The molecule has 0 bridgehead atoms. The summed E-state index contributed by atoms with van der Waals surface area (Å²) in [5, 5.41) is 13.3. The highest BCUT2D eigenvalue weighted by Gasteiger charge is 2.43. The van der Waals surface area contributed by atoms with Gasteiger partial charge in [-0.05, 0) is 24.8 Å². The Balaban J connectivity index is 1.62. The predicted molar refractivity (Wildman–Crippen MR) is 81.7 cm³/mol. The van der Waals surface area contributed by atoms with Gasteiger partial charge in [-0.2, -0.15) is 10.4 Å². The average Bonchev–Trinajstić information content (AvgIpc) is 3.27. The molecule has 1 aromatic heterocycles. The van der Waals surface area contributed by atoms with Crippen molar-refractivity contribution >= 4 is 11.7 Å². The number of hydrogen-bond acceptors (Lipinski definition) is 4. The molecule has 1 fully saturated rings. The lowest BCUT2D eigenvalue weighted by Gasteiger charge is -2.09. The van der Waals surface area contributed by atoms with E-state index in [9.17, 15) is 4.79 Å². The van der Waals surface area contributed by atoms with Gasteiger partial charge in [0.1, 0.15) is 11.6 Å². The van der Waals surface area contributed by atoms with E-state index in [-0.39, 0.29) is 17.7 Å². The molecule has 2 unspecified atom stereocenters. The Hall–Kier alpha value is -2.81. The molecule has 1 aliphatic carbocycles. The van der Waals surface area contributed by atoms with E-state index in [1.165, 1.54) is 5.56 Å².